The molecule has 0 amide bonds. The zero-order valence-electron chi connectivity index (χ0n) is 21.0. The molecule has 0 N–H and O–H groups in total. The summed E-state index contributed by atoms with van der Waals surface area (Å²) in [4.78, 5) is 0. The molecule has 2 aromatic carbocycles. The van der Waals surface area contributed by atoms with E-state index in [2.05, 4.69) is 83.0 Å². The largest absolute Gasteiger partial charge is 0.467 e. The first-order valence-corrected chi connectivity index (χ1v) is 12.5. The minimum Gasteiger partial charge on any atom is -0.467 e. The third-order valence-electron chi connectivity index (χ3n) is 6.05. The Morgan fingerprint density at radius 3 is 2.36 bits per heavy atom. The van der Waals surface area contributed by atoms with Crippen LogP contribution in [0.1, 0.15) is 63.3 Å². The Labute approximate surface area is 200 Å². The Morgan fingerprint density at radius 2 is 1.73 bits per heavy atom. The third kappa shape index (κ3) is 6.13. The number of nitrogens with zero attached hydrogens (tertiary/aromatic N) is 2. The van der Waals surface area contributed by atoms with Gasteiger partial charge < -0.3 is 9.47 Å². The number of benzene rings is 2. The summed E-state index contributed by atoms with van der Waals surface area (Å²) in [7, 11) is 2.22. The summed E-state index contributed by atoms with van der Waals surface area (Å²) in [6.07, 6.45) is 6.83. The lowest BCUT2D eigenvalue weighted by molar-refractivity contribution is 0.0495. The average molecular weight is 465 g/mol. The number of aromatic nitrogens is 1. The van der Waals surface area contributed by atoms with Gasteiger partial charge in [0.15, 0.2) is 6.79 Å². The Hall–Kier alpha value is -2.42. The molecule has 4 nitrogen and oxygen atoms in total. The molecule has 0 saturated carbocycles. The van der Waals surface area contributed by atoms with E-state index in [0.29, 0.717) is 8.58 Å². The number of ether oxygens (including phenoxy) is 2. The maximum atomic E-state index is 6.15. The van der Waals surface area contributed by atoms with Gasteiger partial charge in [-0.2, -0.15) is 5.10 Å². The van der Waals surface area contributed by atoms with Crippen LogP contribution in [-0.4, -0.2) is 24.8 Å². The van der Waals surface area contributed by atoms with E-state index in [1.165, 1.54) is 16.4 Å². The van der Waals surface area contributed by atoms with Crippen molar-refractivity contribution >= 4 is 20.1 Å². The van der Waals surface area contributed by atoms with Gasteiger partial charge in [0.25, 0.3) is 0 Å². The van der Waals surface area contributed by atoms with Crippen molar-refractivity contribution in [1.29, 1.82) is 0 Å². The molecule has 5 heteroatoms. The summed E-state index contributed by atoms with van der Waals surface area (Å²) in [5, 5.41) is 5.81. The molecule has 0 saturated heterocycles. The number of hydrogen-bond acceptors (Lipinski definition) is 3. The average Bonchev–Trinajstić information content (AvgIpc) is 3.30. The van der Waals surface area contributed by atoms with Crippen LogP contribution in [-0.2, 0) is 15.3 Å². The molecule has 33 heavy (non-hydrogen) atoms. The molecule has 0 spiro atoms. The van der Waals surface area contributed by atoms with E-state index in [1.807, 2.05) is 35.4 Å². The summed E-state index contributed by atoms with van der Waals surface area (Å²) >= 11 is 0. The third-order valence-corrected chi connectivity index (χ3v) is 7.95. The highest BCUT2D eigenvalue weighted by molar-refractivity contribution is 7.48. The lowest BCUT2D eigenvalue weighted by Crippen LogP contribution is -2.23. The van der Waals surface area contributed by atoms with Gasteiger partial charge in [-0.15, -0.1) is 0 Å². The second-order valence-electron chi connectivity index (χ2n) is 9.68. The summed E-state index contributed by atoms with van der Waals surface area (Å²) in [6.45, 7) is 13.8. The molecule has 3 rings (SSSR count). The van der Waals surface area contributed by atoms with Gasteiger partial charge in [0, 0.05) is 35.8 Å². The van der Waals surface area contributed by atoms with E-state index < -0.39 is 0 Å². The van der Waals surface area contributed by atoms with Gasteiger partial charge in [-0.05, 0) is 47.3 Å². The summed E-state index contributed by atoms with van der Waals surface area (Å²) in [5.41, 5.74) is 4.93. The molecule has 3 aromatic rings. The van der Waals surface area contributed by atoms with E-state index in [0.717, 1.165) is 23.3 Å². The van der Waals surface area contributed by atoms with Crippen LogP contribution in [0.25, 0.3) is 0 Å². The summed E-state index contributed by atoms with van der Waals surface area (Å²) in [6, 6.07) is 17.1. The molecule has 0 bridgehead atoms. The normalized spacial score (nSPS) is 14.3. The second kappa shape index (κ2) is 10.7. The molecule has 1 heterocycles. The van der Waals surface area contributed by atoms with Crippen LogP contribution < -0.4 is 10.0 Å². The van der Waals surface area contributed by atoms with Crippen molar-refractivity contribution in [1.82, 2.24) is 4.68 Å². The fraction of sp³-hybridized carbons (Fsp3) is 0.393. The topological polar surface area (TPSA) is 35.8 Å². The molecular weight excluding hydrogens is 427 g/mol. The zero-order valence-corrected chi connectivity index (χ0v) is 22.0. The van der Waals surface area contributed by atoms with Gasteiger partial charge in [0.1, 0.15) is 5.75 Å². The number of hydrogen-bond donors (Lipinski definition) is 0. The van der Waals surface area contributed by atoms with E-state index in [-0.39, 0.29) is 17.4 Å². The SMILES string of the molecule is CCC(C)(Pc1ccccc1/C=N/n1cccc1)c1cc(C(C)(C)C)cc(C)c1OCOC. The molecule has 0 fully saturated rings. The smallest absolute Gasteiger partial charge is 0.188 e. The van der Waals surface area contributed by atoms with Crippen LogP contribution in [0, 0.1) is 6.92 Å². The second-order valence-corrected chi connectivity index (χ2v) is 11.6. The maximum absolute atomic E-state index is 6.15. The number of aryl methyl sites for hydroxylation is 1. The summed E-state index contributed by atoms with van der Waals surface area (Å²) in [5.74, 6) is 0.945. The number of rotatable bonds is 9. The van der Waals surface area contributed by atoms with Gasteiger partial charge >= 0.3 is 0 Å². The van der Waals surface area contributed by atoms with Crippen LogP contribution in [0.5, 0.6) is 5.75 Å². The monoisotopic (exact) mass is 464 g/mol. The van der Waals surface area contributed by atoms with Crippen LogP contribution in [0.15, 0.2) is 66.0 Å². The van der Waals surface area contributed by atoms with Crippen molar-refractivity contribution in [2.45, 2.75) is 58.5 Å². The fourth-order valence-corrected chi connectivity index (χ4v) is 5.39. The van der Waals surface area contributed by atoms with Crippen molar-refractivity contribution in [2.24, 2.45) is 5.10 Å². The van der Waals surface area contributed by atoms with Crippen molar-refractivity contribution < 1.29 is 9.47 Å². The highest BCUT2D eigenvalue weighted by atomic mass is 31.1. The van der Waals surface area contributed by atoms with Gasteiger partial charge in [0.2, 0.25) is 0 Å². The van der Waals surface area contributed by atoms with Crippen LogP contribution >= 0.6 is 8.58 Å². The fourth-order valence-electron chi connectivity index (χ4n) is 3.82. The molecule has 0 aliphatic heterocycles. The molecular formula is C28H37N2O2P. The molecule has 1 aromatic heterocycles. The van der Waals surface area contributed by atoms with Crippen molar-refractivity contribution in [3.05, 3.63) is 83.2 Å². The molecule has 2 unspecified atom stereocenters. The van der Waals surface area contributed by atoms with Crippen molar-refractivity contribution in [2.75, 3.05) is 13.9 Å². The maximum Gasteiger partial charge on any atom is 0.188 e. The number of methoxy groups -OCH3 is 1. The van der Waals surface area contributed by atoms with Crippen LogP contribution in [0.3, 0.4) is 0 Å². The quantitative estimate of drug-likeness (QED) is 0.203. The predicted molar refractivity (Wildman–Crippen MR) is 142 cm³/mol. The molecule has 2 atom stereocenters. The zero-order chi connectivity index (χ0) is 24.1. The first kappa shape index (κ1) is 25.2. The highest BCUT2D eigenvalue weighted by Gasteiger charge is 2.32. The van der Waals surface area contributed by atoms with E-state index in [4.69, 9.17) is 9.47 Å². The lowest BCUT2D eigenvalue weighted by Gasteiger charge is -2.34. The van der Waals surface area contributed by atoms with Gasteiger partial charge in [-0.25, -0.2) is 4.68 Å². The van der Waals surface area contributed by atoms with E-state index >= 15 is 0 Å². The van der Waals surface area contributed by atoms with Gasteiger partial charge in [0.05, 0.1) is 6.21 Å². The van der Waals surface area contributed by atoms with E-state index in [1.54, 1.807) is 7.11 Å². The molecule has 176 valence electrons. The first-order chi connectivity index (χ1) is 15.7. The molecule has 0 radical (unpaired) electrons. The summed E-state index contributed by atoms with van der Waals surface area (Å²) < 4.78 is 13.2. The minimum atomic E-state index is -0.0908. The van der Waals surface area contributed by atoms with Crippen LogP contribution in [0.4, 0.5) is 0 Å². The van der Waals surface area contributed by atoms with Crippen molar-refractivity contribution in [3.8, 4) is 5.75 Å². The van der Waals surface area contributed by atoms with E-state index in [9.17, 15) is 0 Å². The molecule has 0 aliphatic rings. The van der Waals surface area contributed by atoms with Crippen molar-refractivity contribution in [3.63, 3.8) is 0 Å². The Bertz CT molecular complexity index is 1080. The Morgan fingerprint density at radius 1 is 1.03 bits per heavy atom. The van der Waals surface area contributed by atoms with Gasteiger partial charge in [-0.3, -0.25) is 0 Å². The minimum absolute atomic E-state index is 0.0540. The van der Waals surface area contributed by atoms with Gasteiger partial charge in [-0.1, -0.05) is 79.6 Å². The predicted octanol–water partition coefficient (Wildman–Crippen LogP) is 6.59. The molecule has 0 aliphatic carbocycles. The first-order valence-electron chi connectivity index (χ1n) is 11.5. The Kier molecular flexibility index (Phi) is 8.15. The lowest BCUT2D eigenvalue weighted by atomic mass is 9.82. The Balaban J connectivity index is 2.07. The standard InChI is InChI=1S/C28H37N2O2P/c1-8-28(6,24-18-23(27(3,4)5)17-21(2)26(24)32-20-31-7)33-25-14-10-9-13-22(25)19-29-30-15-11-12-16-30/h9-19,33H,8,20H2,1-7H3/b29-19+. The highest BCUT2D eigenvalue weighted by Crippen LogP contribution is 2.49. The van der Waals surface area contributed by atoms with Crippen LogP contribution in [0.2, 0.25) is 0 Å².